The van der Waals surface area contributed by atoms with Gasteiger partial charge in [-0.25, -0.2) is 4.79 Å². The van der Waals surface area contributed by atoms with E-state index in [-0.39, 0.29) is 18.0 Å². The topological polar surface area (TPSA) is 58.6 Å². The number of nitrogens with one attached hydrogen (secondary N) is 1. The van der Waals surface area contributed by atoms with E-state index in [4.69, 9.17) is 4.74 Å². The Morgan fingerprint density at radius 2 is 1.81 bits per heavy atom. The number of amides is 2. The summed E-state index contributed by atoms with van der Waals surface area (Å²) in [6.07, 6.45) is 6.18. The van der Waals surface area contributed by atoms with E-state index in [1.807, 2.05) is 20.8 Å². The first-order valence-electron chi connectivity index (χ1n) is 8.14. The van der Waals surface area contributed by atoms with Crippen molar-refractivity contribution in [3.8, 4) is 0 Å². The first-order chi connectivity index (χ1) is 9.87. The minimum absolute atomic E-state index is 0.0229. The molecular formula is C16H28N2O3. The van der Waals surface area contributed by atoms with E-state index in [0.717, 1.165) is 19.4 Å². The van der Waals surface area contributed by atoms with Crippen molar-refractivity contribution in [3.63, 3.8) is 0 Å². The Balaban J connectivity index is 1.85. The lowest BCUT2D eigenvalue weighted by molar-refractivity contribution is -0.125. The molecule has 1 aliphatic heterocycles. The number of likely N-dealkylation sites (tertiary alicyclic amines) is 1. The van der Waals surface area contributed by atoms with Crippen molar-refractivity contribution in [1.29, 1.82) is 0 Å². The fraction of sp³-hybridized carbons (Fsp3) is 0.875. The zero-order valence-electron chi connectivity index (χ0n) is 13.5. The van der Waals surface area contributed by atoms with Gasteiger partial charge in [0.15, 0.2) is 0 Å². The van der Waals surface area contributed by atoms with Gasteiger partial charge >= 0.3 is 6.09 Å². The lowest BCUT2D eigenvalue weighted by Crippen LogP contribution is -2.48. The predicted octanol–water partition coefficient (Wildman–Crippen LogP) is 2.69. The van der Waals surface area contributed by atoms with Crippen LogP contribution >= 0.6 is 0 Å². The lowest BCUT2D eigenvalue weighted by atomic mass is 10.1. The highest BCUT2D eigenvalue weighted by atomic mass is 16.6. The van der Waals surface area contributed by atoms with Crippen molar-refractivity contribution < 1.29 is 14.3 Å². The zero-order valence-corrected chi connectivity index (χ0v) is 13.5. The van der Waals surface area contributed by atoms with Crippen molar-refractivity contribution >= 4 is 12.0 Å². The normalized spacial score (nSPS) is 23.4. The number of hydrogen-bond acceptors (Lipinski definition) is 3. The molecule has 2 amide bonds. The van der Waals surface area contributed by atoms with Crippen LogP contribution in [0.1, 0.15) is 59.3 Å². The van der Waals surface area contributed by atoms with E-state index in [9.17, 15) is 9.59 Å². The van der Waals surface area contributed by atoms with E-state index in [1.165, 1.54) is 25.7 Å². The van der Waals surface area contributed by atoms with Crippen LogP contribution in [0.15, 0.2) is 0 Å². The number of ether oxygens (including phenoxy) is 1. The minimum Gasteiger partial charge on any atom is -0.444 e. The molecule has 2 fully saturated rings. The van der Waals surface area contributed by atoms with Crippen LogP contribution in [-0.2, 0) is 9.53 Å². The summed E-state index contributed by atoms with van der Waals surface area (Å²) in [5.41, 5.74) is -0.523. The Kier molecular flexibility index (Phi) is 5.12. The Bertz CT molecular complexity index is 383. The van der Waals surface area contributed by atoms with Gasteiger partial charge in [-0.05, 0) is 52.4 Å². The van der Waals surface area contributed by atoms with E-state index in [0.29, 0.717) is 12.5 Å². The number of rotatable bonds is 3. The Hall–Kier alpha value is -1.26. The maximum atomic E-state index is 12.3. The molecule has 0 aromatic heterocycles. The Morgan fingerprint density at radius 1 is 1.14 bits per heavy atom. The molecule has 1 saturated heterocycles. The monoisotopic (exact) mass is 296 g/mol. The summed E-state index contributed by atoms with van der Waals surface area (Å²) in [7, 11) is 0. The van der Waals surface area contributed by atoms with Gasteiger partial charge in [0.25, 0.3) is 0 Å². The fourth-order valence-corrected chi connectivity index (χ4v) is 3.16. The molecule has 0 aromatic rings. The molecule has 0 spiro atoms. The van der Waals surface area contributed by atoms with Crippen LogP contribution in [0.4, 0.5) is 4.79 Å². The second-order valence-corrected chi connectivity index (χ2v) is 7.23. The molecule has 2 aliphatic rings. The zero-order chi connectivity index (χ0) is 15.5. The summed E-state index contributed by atoms with van der Waals surface area (Å²) >= 11 is 0. The highest BCUT2D eigenvalue weighted by Gasteiger charge is 2.36. The highest BCUT2D eigenvalue weighted by molar-refractivity contribution is 5.86. The smallest absolute Gasteiger partial charge is 0.410 e. The third-order valence-electron chi connectivity index (χ3n) is 4.22. The summed E-state index contributed by atoms with van der Waals surface area (Å²) in [5, 5.41) is 3.03. The number of carbonyl (C=O) groups is 2. The third kappa shape index (κ3) is 4.61. The molecule has 1 aliphatic carbocycles. The molecule has 0 radical (unpaired) electrons. The van der Waals surface area contributed by atoms with Gasteiger partial charge < -0.3 is 10.1 Å². The maximum Gasteiger partial charge on any atom is 0.410 e. The van der Waals surface area contributed by atoms with Crippen LogP contribution < -0.4 is 5.32 Å². The molecule has 1 unspecified atom stereocenters. The molecule has 1 N–H and O–H groups in total. The van der Waals surface area contributed by atoms with Gasteiger partial charge in [0.05, 0.1) is 0 Å². The second-order valence-electron chi connectivity index (χ2n) is 7.23. The SMILES string of the molecule is CC(C)(C)OC(=O)N1CCCC1C(=O)NCC1CCCC1. The Labute approximate surface area is 127 Å². The lowest BCUT2D eigenvalue weighted by Gasteiger charge is -2.28. The molecule has 1 atom stereocenters. The van der Waals surface area contributed by atoms with E-state index in [1.54, 1.807) is 4.90 Å². The average molecular weight is 296 g/mol. The molecule has 0 bridgehead atoms. The average Bonchev–Trinajstić information content (AvgIpc) is 3.05. The van der Waals surface area contributed by atoms with Crippen LogP contribution in [0.5, 0.6) is 0 Å². The highest BCUT2D eigenvalue weighted by Crippen LogP contribution is 2.24. The summed E-state index contributed by atoms with van der Waals surface area (Å²) < 4.78 is 5.39. The minimum atomic E-state index is -0.523. The van der Waals surface area contributed by atoms with Crippen molar-refractivity contribution in [2.24, 2.45) is 5.92 Å². The second kappa shape index (κ2) is 6.67. The van der Waals surface area contributed by atoms with E-state index in [2.05, 4.69) is 5.32 Å². The fourth-order valence-electron chi connectivity index (χ4n) is 3.16. The number of carbonyl (C=O) groups excluding carboxylic acids is 2. The summed E-state index contributed by atoms with van der Waals surface area (Å²) in [6, 6.07) is -0.360. The van der Waals surface area contributed by atoms with Gasteiger partial charge in [0.1, 0.15) is 11.6 Å². The third-order valence-corrected chi connectivity index (χ3v) is 4.22. The molecule has 5 nitrogen and oxygen atoms in total. The van der Waals surface area contributed by atoms with E-state index < -0.39 is 5.60 Å². The van der Waals surface area contributed by atoms with Crippen molar-refractivity contribution in [3.05, 3.63) is 0 Å². The largest absolute Gasteiger partial charge is 0.444 e. The molecule has 1 heterocycles. The summed E-state index contributed by atoms with van der Waals surface area (Å²) in [4.78, 5) is 26.1. The molecule has 5 heteroatoms. The quantitative estimate of drug-likeness (QED) is 0.871. The molecule has 2 rings (SSSR count). The molecule has 120 valence electrons. The van der Waals surface area contributed by atoms with Gasteiger partial charge in [0, 0.05) is 13.1 Å². The van der Waals surface area contributed by atoms with Crippen LogP contribution in [0, 0.1) is 5.92 Å². The van der Waals surface area contributed by atoms with Gasteiger partial charge in [-0.15, -0.1) is 0 Å². The molecule has 21 heavy (non-hydrogen) atoms. The standard InChI is InChI=1S/C16H28N2O3/c1-16(2,3)21-15(20)18-10-6-9-13(18)14(19)17-11-12-7-4-5-8-12/h12-13H,4-11H2,1-3H3,(H,17,19). The van der Waals surface area contributed by atoms with Crippen LogP contribution in [0.2, 0.25) is 0 Å². The predicted molar refractivity (Wildman–Crippen MR) is 80.9 cm³/mol. The summed E-state index contributed by atoms with van der Waals surface area (Å²) in [5.74, 6) is 0.593. The van der Waals surface area contributed by atoms with Gasteiger partial charge in [0.2, 0.25) is 5.91 Å². The molecular weight excluding hydrogens is 268 g/mol. The molecule has 1 saturated carbocycles. The maximum absolute atomic E-state index is 12.3. The number of nitrogens with zero attached hydrogens (tertiary/aromatic N) is 1. The molecule has 0 aromatic carbocycles. The van der Waals surface area contributed by atoms with E-state index >= 15 is 0 Å². The first kappa shape index (κ1) is 16.1. The van der Waals surface area contributed by atoms with Crippen molar-refractivity contribution in [1.82, 2.24) is 10.2 Å². The van der Waals surface area contributed by atoms with Crippen LogP contribution in [-0.4, -0.2) is 41.6 Å². The van der Waals surface area contributed by atoms with Gasteiger partial charge in [-0.1, -0.05) is 12.8 Å². The van der Waals surface area contributed by atoms with Crippen LogP contribution in [0.25, 0.3) is 0 Å². The van der Waals surface area contributed by atoms with Gasteiger partial charge in [-0.3, -0.25) is 9.69 Å². The first-order valence-corrected chi connectivity index (χ1v) is 8.14. The van der Waals surface area contributed by atoms with Crippen LogP contribution in [0.3, 0.4) is 0 Å². The van der Waals surface area contributed by atoms with Crippen molar-refractivity contribution in [2.45, 2.75) is 70.9 Å². The number of hydrogen-bond donors (Lipinski definition) is 1. The summed E-state index contributed by atoms with van der Waals surface area (Å²) in [6.45, 7) is 6.89. The Morgan fingerprint density at radius 3 is 2.43 bits per heavy atom. The van der Waals surface area contributed by atoms with Crippen molar-refractivity contribution in [2.75, 3.05) is 13.1 Å². The van der Waals surface area contributed by atoms with Gasteiger partial charge in [-0.2, -0.15) is 0 Å².